The van der Waals surface area contributed by atoms with Gasteiger partial charge in [0.1, 0.15) is 11.5 Å². The van der Waals surface area contributed by atoms with Crippen LogP contribution < -0.4 is 9.47 Å². The van der Waals surface area contributed by atoms with E-state index in [4.69, 9.17) is 18.6 Å². The summed E-state index contributed by atoms with van der Waals surface area (Å²) in [7, 11) is 0.806. The number of amides is 1. The molecule has 0 N–H and O–H groups in total. The number of hydrogen-bond acceptors (Lipinski definition) is 7. The molecule has 39 heavy (non-hydrogen) atoms. The van der Waals surface area contributed by atoms with E-state index in [0.29, 0.717) is 43.3 Å². The van der Waals surface area contributed by atoms with Crippen LogP contribution in [0.4, 0.5) is 0 Å². The smallest absolute Gasteiger partial charge is 0.243 e. The maximum Gasteiger partial charge on any atom is 0.243 e. The molecule has 0 saturated heterocycles. The van der Waals surface area contributed by atoms with Crippen molar-refractivity contribution in [1.82, 2.24) is 9.21 Å². The second-order valence-corrected chi connectivity index (χ2v) is 11.2. The fourth-order valence-electron chi connectivity index (χ4n) is 4.13. The first kappa shape index (κ1) is 30.2. The summed E-state index contributed by atoms with van der Waals surface area (Å²) in [6.07, 6.45) is 0.984. The molecule has 0 aliphatic heterocycles. The lowest BCUT2D eigenvalue weighted by Crippen LogP contribution is -2.43. The van der Waals surface area contributed by atoms with Crippen molar-refractivity contribution in [3.63, 3.8) is 0 Å². The van der Waals surface area contributed by atoms with E-state index in [9.17, 15) is 13.2 Å². The molecule has 3 aromatic rings. The fraction of sp³-hybridized carbons (Fsp3) is 0.414. The Morgan fingerprint density at radius 2 is 1.62 bits per heavy atom. The van der Waals surface area contributed by atoms with Crippen molar-refractivity contribution in [2.45, 2.75) is 38.1 Å². The van der Waals surface area contributed by atoms with Crippen LogP contribution in [0.1, 0.15) is 29.1 Å². The molecule has 0 atom stereocenters. The van der Waals surface area contributed by atoms with Crippen molar-refractivity contribution in [3.8, 4) is 11.5 Å². The van der Waals surface area contributed by atoms with Crippen molar-refractivity contribution >= 4 is 15.9 Å². The molecule has 0 spiro atoms. The second kappa shape index (κ2) is 14.2. The molecule has 0 bridgehead atoms. The van der Waals surface area contributed by atoms with Crippen molar-refractivity contribution < 1.29 is 31.8 Å². The van der Waals surface area contributed by atoms with Gasteiger partial charge >= 0.3 is 0 Å². The summed E-state index contributed by atoms with van der Waals surface area (Å²) in [6, 6.07) is 15.9. The molecule has 1 aromatic heterocycles. The van der Waals surface area contributed by atoms with Gasteiger partial charge in [0.2, 0.25) is 15.9 Å². The van der Waals surface area contributed by atoms with Crippen molar-refractivity contribution in [2.75, 3.05) is 47.6 Å². The Labute approximate surface area is 231 Å². The molecule has 0 radical (unpaired) electrons. The highest BCUT2D eigenvalue weighted by Gasteiger charge is 2.28. The zero-order chi connectivity index (χ0) is 28.4. The first-order chi connectivity index (χ1) is 18.7. The number of rotatable bonds is 15. The topological polar surface area (TPSA) is 98.5 Å². The molecule has 10 heteroatoms. The number of sulfonamides is 1. The second-order valence-electron chi connectivity index (χ2n) is 9.26. The average molecular weight is 559 g/mol. The van der Waals surface area contributed by atoms with E-state index in [-0.39, 0.29) is 30.4 Å². The van der Waals surface area contributed by atoms with Gasteiger partial charge in [-0.2, -0.15) is 4.31 Å². The number of aryl methyl sites for hydroxylation is 2. The lowest BCUT2D eigenvalue weighted by molar-refractivity contribution is -0.132. The summed E-state index contributed by atoms with van der Waals surface area (Å²) >= 11 is 0. The zero-order valence-corrected chi connectivity index (χ0v) is 24.1. The Hall–Kier alpha value is -3.34. The summed E-state index contributed by atoms with van der Waals surface area (Å²) in [5, 5.41) is 0. The van der Waals surface area contributed by atoms with E-state index in [0.717, 1.165) is 16.9 Å². The molecule has 3 rings (SSSR count). The highest BCUT2D eigenvalue weighted by molar-refractivity contribution is 7.89. The monoisotopic (exact) mass is 558 g/mol. The highest BCUT2D eigenvalue weighted by atomic mass is 32.2. The third-order valence-corrected chi connectivity index (χ3v) is 8.20. The van der Waals surface area contributed by atoms with Gasteiger partial charge in [0.15, 0.2) is 11.5 Å². The van der Waals surface area contributed by atoms with Crippen LogP contribution in [0.3, 0.4) is 0 Å². The molecular formula is C29H38N2O7S. The Morgan fingerprint density at radius 3 is 2.23 bits per heavy atom. The first-order valence-electron chi connectivity index (χ1n) is 12.8. The predicted molar refractivity (Wildman–Crippen MR) is 149 cm³/mol. The molecule has 1 amide bonds. The van der Waals surface area contributed by atoms with Crippen LogP contribution in [0.25, 0.3) is 0 Å². The number of carbonyl (C=O) groups excluding carboxylic acids is 1. The van der Waals surface area contributed by atoms with Crippen LogP contribution in [-0.2, 0) is 32.5 Å². The Morgan fingerprint density at radius 1 is 0.897 bits per heavy atom. The zero-order valence-electron chi connectivity index (χ0n) is 23.3. The van der Waals surface area contributed by atoms with Gasteiger partial charge in [-0.05, 0) is 68.7 Å². The number of hydrogen-bond donors (Lipinski definition) is 0. The van der Waals surface area contributed by atoms with Crippen LogP contribution in [-0.4, -0.2) is 71.1 Å². The van der Waals surface area contributed by atoms with Crippen LogP contribution >= 0.6 is 0 Å². The van der Waals surface area contributed by atoms with Gasteiger partial charge in [-0.15, -0.1) is 0 Å². The lowest BCUT2D eigenvalue weighted by atomic mass is 10.1. The molecule has 0 unspecified atom stereocenters. The van der Waals surface area contributed by atoms with Gasteiger partial charge in [-0.3, -0.25) is 4.79 Å². The summed E-state index contributed by atoms with van der Waals surface area (Å²) in [6.45, 7) is 4.53. The summed E-state index contributed by atoms with van der Waals surface area (Å²) in [5.74, 6) is 2.26. The minimum atomic E-state index is -3.90. The number of furan rings is 1. The molecule has 0 fully saturated rings. The van der Waals surface area contributed by atoms with Gasteiger partial charge in [0.25, 0.3) is 0 Å². The predicted octanol–water partition coefficient (Wildman–Crippen LogP) is 4.21. The number of methoxy groups -OCH3 is 3. The van der Waals surface area contributed by atoms with Crippen LogP contribution in [0.2, 0.25) is 0 Å². The molecule has 1 heterocycles. The minimum absolute atomic E-state index is 0.150. The number of nitrogens with zero attached hydrogens (tertiary/aromatic N) is 2. The third kappa shape index (κ3) is 8.32. The number of carbonyl (C=O) groups is 1. The Kier molecular flexibility index (Phi) is 11.0. The quantitative estimate of drug-likeness (QED) is 0.258. The van der Waals surface area contributed by atoms with Crippen molar-refractivity contribution in [1.29, 1.82) is 0 Å². The Bertz CT molecular complexity index is 1320. The normalized spacial score (nSPS) is 11.5. The largest absolute Gasteiger partial charge is 0.493 e. The number of benzene rings is 2. The maximum absolute atomic E-state index is 13.7. The van der Waals surface area contributed by atoms with Crippen LogP contribution in [0.5, 0.6) is 11.5 Å². The fourth-order valence-corrected chi connectivity index (χ4v) is 5.56. The molecule has 2 aromatic carbocycles. The van der Waals surface area contributed by atoms with E-state index in [1.807, 2.05) is 44.2 Å². The van der Waals surface area contributed by atoms with Crippen LogP contribution in [0.15, 0.2) is 63.9 Å². The molecule has 0 saturated carbocycles. The highest BCUT2D eigenvalue weighted by Crippen LogP contribution is 2.28. The molecule has 0 aliphatic carbocycles. The van der Waals surface area contributed by atoms with Gasteiger partial charge < -0.3 is 23.5 Å². The van der Waals surface area contributed by atoms with E-state index < -0.39 is 10.0 Å². The molecule has 0 aliphatic rings. The third-order valence-electron chi connectivity index (χ3n) is 6.34. The van der Waals surface area contributed by atoms with E-state index >= 15 is 0 Å². The van der Waals surface area contributed by atoms with E-state index in [1.54, 1.807) is 50.5 Å². The van der Waals surface area contributed by atoms with Crippen LogP contribution in [0, 0.1) is 13.8 Å². The Balaban J connectivity index is 1.84. The summed E-state index contributed by atoms with van der Waals surface area (Å²) in [4.78, 5) is 15.5. The maximum atomic E-state index is 13.7. The SMILES string of the molecule is COCCCN(CC(=O)N(CCc1ccc(OC)c(OC)c1)Cc1ccc(C)o1)S(=O)(=O)c1ccc(C)cc1. The van der Waals surface area contributed by atoms with Crippen molar-refractivity contribution in [2.24, 2.45) is 0 Å². The van der Waals surface area contributed by atoms with Gasteiger partial charge in [0, 0.05) is 26.8 Å². The van der Waals surface area contributed by atoms with E-state index in [1.165, 1.54) is 4.31 Å². The summed E-state index contributed by atoms with van der Waals surface area (Å²) < 4.78 is 49.9. The molecule has 9 nitrogen and oxygen atoms in total. The standard InChI is InChI=1S/C29H38N2O7S/c1-22-7-12-26(13-8-22)39(33,34)31(16-6-18-35-3)21-29(32)30(20-25-11-9-23(2)38-25)17-15-24-10-14-27(36-4)28(19-24)37-5/h7-14,19H,6,15-18,20-21H2,1-5H3. The first-order valence-corrected chi connectivity index (χ1v) is 14.2. The van der Waals surface area contributed by atoms with Gasteiger partial charge in [-0.1, -0.05) is 23.8 Å². The summed E-state index contributed by atoms with van der Waals surface area (Å²) in [5.41, 5.74) is 1.90. The lowest BCUT2D eigenvalue weighted by Gasteiger charge is -2.27. The minimum Gasteiger partial charge on any atom is -0.493 e. The average Bonchev–Trinajstić information content (AvgIpc) is 3.34. The molecular weight excluding hydrogens is 520 g/mol. The van der Waals surface area contributed by atoms with Crippen molar-refractivity contribution in [3.05, 3.63) is 77.2 Å². The number of ether oxygens (including phenoxy) is 3. The molecule has 212 valence electrons. The van der Waals surface area contributed by atoms with Gasteiger partial charge in [0.05, 0.1) is 32.2 Å². The van der Waals surface area contributed by atoms with E-state index in [2.05, 4.69) is 0 Å². The van der Waals surface area contributed by atoms with Gasteiger partial charge in [-0.25, -0.2) is 8.42 Å².